The van der Waals surface area contributed by atoms with Gasteiger partial charge in [0.15, 0.2) is 11.4 Å². The molecular weight excluding hydrogens is 519 g/mol. The van der Waals surface area contributed by atoms with E-state index in [9.17, 15) is 22.8 Å². The van der Waals surface area contributed by atoms with Crippen LogP contribution in [0.2, 0.25) is 5.02 Å². The van der Waals surface area contributed by atoms with E-state index in [0.717, 1.165) is 4.57 Å². The Bertz CT molecular complexity index is 1550. The Morgan fingerprint density at radius 2 is 1.97 bits per heavy atom. The fraction of sp³-hybridized carbons (Fsp3) is 0.227. The number of anilines is 3. The molecule has 4 heterocycles. The van der Waals surface area contributed by atoms with Crippen molar-refractivity contribution in [2.24, 2.45) is 14.1 Å². The van der Waals surface area contributed by atoms with Gasteiger partial charge >= 0.3 is 6.18 Å². The van der Waals surface area contributed by atoms with Crippen LogP contribution < -0.4 is 20.9 Å². The number of hydrogen-bond donors (Lipinski definition) is 2. The minimum atomic E-state index is -4.65. The minimum Gasteiger partial charge on any atom is -0.454 e. The number of ether oxygens (including phenoxy) is 2. The monoisotopic (exact) mass is 537 g/mol. The van der Waals surface area contributed by atoms with E-state index in [1.54, 1.807) is 7.05 Å². The zero-order valence-electron chi connectivity index (χ0n) is 19.6. The number of carbonyl (C=O) groups is 1. The number of alkyl halides is 3. The molecule has 4 aromatic rings. The molecule has 0 radical (unpaired) electrons. The van der Waals surface area contributed by atoms with E-state index < -0.39 is 23.2 Å². The molecule has 0 fully saturated rings. The van der Waals surface area contributed by atoms with E-state index in [-0.39, 0.29) is 40.5 Å². The molecule has 37 heavy (non-hydrogen) atoms. The van der Waals surface area contributed by atoms with Crippen molar-refractivity contribution in [3.05, 3.63) is 57.7 Å². The zero-order valence-corrected chi connectivity index (χ0v) is 20.3. The van der Waals surface area contributed by atoms with Crippen LogP contribution in [0.4, 0.5) is 30.6 Å². The Kier molecular flexibility index (Phi) is 7.05. The Morgan fingerprint density at radius 3 is 2.68 bits per heavy atom. The first-order valence-corrected chi connectivity index (χ1v) is 10.8. The van der Waals surface area contributed by atoms with Crippen LogP contribution in [0, 0.1) is 0 Å². The number of amides is 1. The van der Waals surface area contributed by atoms with Crippen molar-refractivity contribution in [2.75, 3.05) is 24.4 Å². The SMILES string of the molecule is COCC(=O)Nc1cc(Oc2cnc3nc(Nc4cc(C(F)(F)F)cn(C)c4=O)n(C)c3c2Cl)ccn1. The summed E-state index contributed by atoms with van der Waals surface area (Å²) in [6.07, 6.45) is -1.21. The number of fused-ring (bicyclic) bond motifs is 1. The van der Waals surface area contributed by atoms with Crippen molar-refractivity contribution >= 4 is 46.1 Å². The Balaban J connectivity index is 1.65. The van der Waals surface area contributed by atoms with E-state index in [1.807, 2.05) is 0 Å². The highest BCUT2D eigenvalue weighted by atomic mass is 35.5. The zero-order chi connectivity index (χ0) is 26.9. The van der Waals surface area contributed by atoms with Gasteiger partial charge in [-0.25, -0.2) is 9.97 Å². The molecule has 0 saturated heterocycles. The maximum absolute atomic E-state index is 13.2. The van der Waals surface area contributed by atoms with Gasteiger partial charge in [-0.05, 0) is 12.1 Å². The summed E-state index contributed by atoms with van der Waals surface area (Å²) in [6, 6.07) is 3.71. The molecule has 1 amide bonds. The number of methoxy groups -OCH3 is 1. The maximum Gasteiger partial charge on any atom is 0.417 e. The first kappa shape index (κ1) is 25.9. The molecule has 0 unspecified atom stereocenters. The molecule has 0 aliphatic heterocycles. The van der Waals surface area contributed by atoms with Crippen molar-refractivity contribution in [3.63, 3.8) is 0 Å². The Labute approximate surface area is 211 Å². The highest BCUT2D eigenvalue weighted by Gasteiger charge is 2.32. The summed E-state index contributed by atoms with van der Waals surface area (Å²) in [7, 11) is 4.15. The summed E-state index contributed by atoms with van der Waals surface area (Å²) in [5.74, 6) is 0.279. The van der Waals surface area contributed by atoms with Gasteiger partial charge in [0.1, 0.15) is 34.4 Å². The summed E-state index contributed by atoms with van der Waals surface area (Å²) >= 11 is 6.55. The van der Waals surface area contributed by atoms with Gasteiger partial charge < -0.3 is 29.2 Å². The van der Waals surface area contributed by atoms with Crippen LogP contribution in [-0.2, 0) is 29.8 Å². The average molecular weight is 538 g/mol. The second-order valence-corrected chi connectivity index (χ2v) is 8.12. The van der Waals surface area contributed by atoms with Crippen LogP contribution >= 0.6 is 11.6 Å². The molecule has 0 bridgehead atoms. The second-order valence-electron chi connectivity index (χ2n) is 7.74. The Hall–Kier alpha value is -4.17. The lowest BCUT2D eigenvalue weighted by molar-refractivity contribution is -0.138. The first-order chi connectivity index (χ1) is 17.5. The summed E-state index contributed by atoms with van der Waals surface area (Å²) in [4.78, 5) is 36.6. The number of imidazole rings is 1. The third-order valence-corrected chi connectivity index (χ3v) is 5.43. The first-order valence-electron chi connectivity index (χ1n) is 10.5. The van der Waals surface area contributed by atoms with E-state index in [0.29, 0.717) is 23.5 Å². The van der Waals surface area contributed by atoms with Gasteiger partial charge in [0.2, 0.25) is 5.95 Å². The molecule has 0 atom stereocenters. The second kappa shape index (κ2) is 10.1. The fourth-order valence-corrected chi connectivity index (χ4v) is 3.65. The standard InChI is InChI=1S/C22H19ClF3N7O4/c1-32-9-11(22(24,25)26)6-13(20(32)35)29-21-31-19-18(33(21)2)17(23)14(8-28-19)37-12-4-5-27-15(7-12)30-16(34)10-36-3/h4-9H,10H2,1-3H3,(H,27,30,34)(H,28,29,31). The van der Waals surface area contributed by atoms with Crippen molar-refractivity contribution in [3.8, 4) is 11.5 Å². The van der Waals surface area contributed by atoms with Crippen LogP contribution in [0.25, 0.3) is 11.2 Å². The number of pyridine rings is 3. The van der Waals surface area contributed by atoms with Gasteiger partial charge in [0.05, 0.1) is 11.8 Å². The molecule has 15 heteroatoms. The number of aromatic nitrogens is 5. The van der Waals surface area contributed by atoms with Crippen LogP contribution in [0.1, 0.15) is 5.56 Å². The molecule has 0 spiro atoms. The lowest BCUT2D eigenvalue weighted by Crippen LogP contribution is -2.23. The van der Waals surface area contributed by atoms with Crippen LogP contribution in [0.15, 0.2) is 41.6 Å². The van der Waals surface area contributed by atoms with Gasteiger partial charge in [0, 0.05) is 39.7 Å². The molecule has 0 aliphatic carbocycles. The van der Waals surface area contributed by atoms with E-state index >= 15 is 0 Å². The Morgan fingerprint density at radius 1 is 1.22 bits per heavy atom. The van der Waals surface area contributed by atoms with Gasteiger partial charge in [-0.1, -0.05) is 11.6 Å². The number of hydrogen-bond acceptors (Lipinski definition) is 8. The molecule has 0 aromatic carbocycles. The van der Waals surface area contributed by atoms with Crippen molar-refractivity contribution in [2.45, 2.75) is 6.18 Å². The highest BCUT2D eigenvalue weighted by Crippen LogP contribution is 2.36. The number of halogens is 4. The van der Waals surface area contributed by atoms with Crippen LogP contribution in [0.3, 0.4) is 0 Å². The normalized spacial score (nSPS) is 11.5. The predicted octanol–water partition coefficient (Wildman–Crippen LogP) is 3.86. The van der Waals surface area contributed by atoms with E-state index in [1.165, 1.54) is 43.3 Å². The third kappa shape index (κ3) is 5.49. The summed E-state index contributed by atoms with van der Waals surface area (Å²) in [5, 5.41) is 5.29. The van der Waals surface area contributed by atoms with E-state index in [2.05, 4.69) is 25.6 Å². The van der Waals surface area contributed by atoms with Gasteiger partial charge in [-0.15, -0.1) is 0 Å². The van der Waals surface area contributed by atoms with Crippen molar-refractivity contribution < 1.29 is 27.4 Å². The van der Waals surface area contributed by atoms with Crippen molar-refractivity contribution in [1.82, 2.24) is 24.1 Å². The third-order valence-electron chi connectivity index (χ3n) is 5.06. The van der Waals surface area contributed by atoms with Gasteiger partial charge in [-0.2, -0.15) is 18.2 Å². The molecule has 4 aromatic heterocycles. The topological polar surface area (TPSA) is 125 Å². The molecule has 194 valence electrons. The number of aryl methyl sites for hydroxylation is 2. The molecule has 2 N–H and O–H groups in total. The number of rotatable bonds is 7. The molecular formula is C22H19ClF3N7O4. The average Bonchev–Trinajstić information content (AvgIpc) is 3.14. The van der Waals surface area contributed by atoms with Crippen molar-refractivity contribution in [1.29, 1.82) is 0 Å². The lowest BCUT2D eigenvalue weighted by atomic mass is 10.2. The summed E-state index contributed by atoms with van der Waals surface area (Å²) in [6.45, 7) is -0.150. The molecule has 0 saturated carbocycles. The minimum absolute atomic E-state index is 0.0324. The molecule has 4 rings (SSSR count). The van der Waals surface area contributed by atoms with E-state index in [4.69, 9.17) is 21.1 Å². The number of nitrogens with zero attached hydrogens (tertiary/aromatic N) is 5. The number of carbonyl (C=O) groups excluding carboxylic acids is 1. The quantitative estimate of drug-likeness (QED) is 0.364. The lowest BCUT2D eigenvalue weighted by Gasteiger charge is -2.12. The molecule has 11 nitrogen and oxygen atoms in total. The largest absolute Gasteiger partial charge is 0.454 e. The molecule has 0 aliphatic rings. The van der Waals surface area contributed by atoms with Gasteiger partial charge in [0.25, 0.3) is 11.5 Å². The van der Waals surface area contributed by atoms with Crippen LogP contribution in [-0.4, -0.2) is 43.7 Å². The summed E-state index contributed by atoms with van der Waals surface area (Å²) in [5.41, 5.74) is -1.56. The smallest absolute Gasteiger partial charge is 0.417 e. The summed E-state index contributed by atoms with van der Waals surface area (Å²) < 4.78 is 52.5. The number of nitrogens with one attached hydrogen (secondary N) is 2. The highest BCUT2D eigenvalue weighted by molar-refractivity contribution is 6.36. The maximum atomic E-state index is 13.2. The fourth-order valence-electron chi connectivity index (χ4n) is 3.35. The predicted molar refractivity (Wildman–Crippen MR) is 128 cm³/mol. The van der Waals surface area contributed by atoms with Gasteiger partial charge in [-0.3, -0.25) is 9.59 Å². The van der Waals surface area contributed by atoms with Crippen LogP contribution in [0.5, 0.6) is 11.5 Å².